The van der Waals surface area contributed by atoms with E-state index < -0.39 is 17.6 Å². The number of primary amides is 1. The maximum atomic E-state index is 11.0. The molecule has 1 aromatic carbocycles. The van der Waals surface area contributed by atoms with Crippen LogP contribution in [0.25, 0.3) is 0 Å². The van der Waals surface area contributed by atoms with Crippen LogP contribution in [0.3, 0.4) is 0 Å². The van der Waals surface area contributed by atoms with Gasteiger partial charge in [-0.1, -0.05) is 23.7 Å². The third kappa shape index (κ3) is 1.46. The molecule has 5 heteroatoms. The molecule has 1 aromatic rings. The summed E-state index contributed by atoms with van der Waals surface area (Å²) in [5, 5.41) is 9.40. The molecule has 0 aliphatic carbocycles. The smallest absolute Gasteiger partial charge is 0.267 e. The zero-order chi connectivity index (χ0) is 11.1. The van der Waals surface area contributed by atoms with Gasteiger partial charge in [0.1, 0.15) is 12.2 Å². The van der Waals surface area contributed by atoms with Crippen LogP contribution in [0.4, 0.5) is 0 Å². The Morgan fingerprint density at radius 2 is 2.13 bits per heavy atom. The van der Waals surface area contributed by atoms with Gasteiger partial charge >= 0.3 is 0 Å². The summed E-state index contributed by atoms with van der Waals surface area (Å²) in [4.78, 5) is 11.0. The highest BCUT2D eigenvalue weighted by Gasteiger charge is 2.63. The number of carbonyl (C=O) groups is 1. The molecule has 0 aromatic heterocycles. The average molecular weight is 223 g/mol. The number of halogens is 1. The zero-order valence-corrected chi connectivity index (χ0v) is 8.36. The van der Waals surface area contributed by atoms with Gasteiger partial charge in [0.05, 0.1) is 0 Å². The average Bonchev–Trinajstić information content (AvgIpc) is 2.95. The van der Waals surface area contributed by atoms with E-state index in [0.717, 1.165) is 5.56 Å². The lowest BCUT2D eigenvalue weighted by Gasteiger charge is -1.98. The minimum Gasteiger partial charge on any atom is -0.366 e. The van der Waals surface area contributed by atoms with Crippen LogP contribution >= 0.6 is 11.6 Å². The first-order valence-corrected chi connectivity index (χ1v) is 4.62. The summed E-state index contributed by atoms with van der Waals surface area (Å²) in [5.74, 6) is -0.759. The van der Waals surface area contributed by atoms with Gasteiger partial charge in [-0.2, -0.15) is 5.26 Å². The van der Waals surface area contributed by atoms with Crippen molar-refractivity contribution in [3.8, 4) is 6.07 Å². The second-order valence-corrected chi connectivity index (χ2v) is 3.70. The lowest BCUT2D eigenvalue weighted by atomic mass is 10.0. The fraction of sp³-hybridized carbons (Fsp3) is 0.200. The van der Waals surface area contributed by atoms with Gasteiger partial charge in [0.2, 0.25) is 0 Å². The summed E-state index contributed by atoms with van der Waals surface area (Å²) in [7, 11) is 0. The highest BCUT2D eigenvalue weighted by Crippen LogP contribution is 2.49. The van der Waals surface area contributed by atoms with Gasteiger partial charge < -0.3 is 10.5 Å². The molecule has 2 rings (SSSR count). The third-order valence-electron chi connectivity index (χ3n) is 2.32. The van der Waals surface area contributed by atoms with E-state index in [4.69, 9.17) is 27.3 Å². The van der Waals surface area contributed by atoms with Gasteiger partial charge in [-0.05, 0) is 17.7 Å². The summed E-state index contributed by atoms with van der Waals surface area (Å²) in [6.45, 7) is 0. The van der Waals surface area contributed by atoms with E-state index >= 15 is 0 Å². The third-order valence-corrected chi connectivity index (χ3v) is 2.57. The Labute approximate surface area is 91.2 Å². The molecule has 4 nitrogen and oxygen atoms in total. The van der Waals surface area contributed by atoms with Crippen molar-refractivity contribution in [2.45, 2.75) is 11.7 Å². The van der Waals surface area contributed by atoms with Gasteiger partial charge in [0, 0.05) is 5.02 Å². The van der Waals surface area contributed by atoms with Crippen molar-refractivity contribution in [1.82, 2.24) is 0 Å². The molecule has 0 saturated carbocycles. The van der Waals surface area contributed by atoms with Crippen LogP contribution in [0, 0.1) is 11.3 Å². The highest BCUT2D eigenvalue weighted by molar-refractivity contribution is 6.30. The van der Waals surface area contributed by atoms with Gasteiger partial charge in [0.15, 0.2) is 0 Å². The fourth-order valence-electron chi connectivity index (χ4n) is 1.42. The number of epoxide rings is 1. The molecule has 0 radical (unpaired) electrons. The maximum Gasteiger partial charge on any atom is 0.267 e. The number of benzene rings is 1. The number of rotatable bonds is 2. The minimum absolute atomic E-state index is 0.572. The van der Waals surface area contributed by atoms with Crippen LogP contribution < -0.4 is 5.73 Å². The molecule has 0 spiro atoms. The van der Waals surface area contributed by atoms with Crippen molar-refractivity contribution in [2.75, 3.05) is 0 Å². The first kappa shape index (κ1) is 9.97. The van der Waals surface area contributed by atoms with E-state index in [1.165, 1.54) is 0 Å². The monoisotopic (exact) mass is 222 g/mol. The molecule has 2 unspecified atom stereocenters. The Kier molecular flexibility index (Phi) is 2.14. The van der Waals surface area contributed by atoms with Gasteiger partial charge in [0.25, 0.3) is 11.5 Å². The number of nitriles is 1. The number of hydrogen-bond donors (Lipinski definition) is 1. The largest absolute Gasteiger partial charge is 0.366 e. The molecule has 1 aliphatic rings. The van der Waals surface area contributed by atoms with Gasteiger partial charge in [-0.15, -0.1) is 0 Å². The topological polar surface area (TPSA) is 79.4 Å². The van der Waals surface area contributed by atoms with Crippen molar-refractivity contribution in [2.24, 2.45) is 5.73 Å². The molecule has 15 heavy (non-hydrogen) atoms. The van der Waals surface area contributed by atoms with Crippen LogP contribution in [-0.4, -0.2) is 11.5 Å². The summed E-state index contributed by atoms with van der Waals surface area (Å²) >= 11 is 5.71. The van der Waals surface area contributed by atoms with E-state index in [1.54, 1.807) is 30.3 Å². The Morgan fingerprint density at radius 1 is 1.53 bits per heavy atom. The Bertz CT molecular complexity index is 451. The van der Waals surface area contributed by atoms with Crippen LogP contribution in [0.5, 0.6) is 0 Å². The SMILES string of the molecule is N#CC1(C(N)=O)OC1c1ccc(Cl)cc1. The summed E-state index contributed by atoms with van der Waals surface area (Å²) in [6.07, 6.45) is -0.572. The Morgan fingerprint density at radius 3 is 2.53 bits per heavy atom. The number of hydrogen-bond acceptors (Lipinski definition) is 3. The summed E-state index contributed by atoms with van der Waals surface area (Å²) in [6, 6.07) is 8.53. The van der Waals surface area contributed by atoms with Crippen LogP contribution in [0.2, 0.25) is 5.02 Å². The summed E-state index contributed by atoms with van der Waals surface area (Å²) in [5.41, 5.74) is 4.32. The van der Waals surface area contributed by atoms with Gasteiger partial charge in [-0.3, -0.25) is 4.79 Å². The zero-order valence-electron chi connectivity index (χ0n) is 7.61. The van der Waals surface area contributed by atoms with Crippen molar-refractivity contribution in [1.29, 1.82) is 5.26 Å². The van der Waals surface area contributed by atoms with Crippen LogP contribution in [0.15, 0.2) is 24.3 Å². The first-order valence-electron chi connectivity index (χ1n) is 4.24. The molecule has 1 aliphatic heterocycles. The molecular formula is C10H7ClN2O2. The molecule has 2 atom stereocenters. The molecule has 1 heterocycles. The molecule has 1 amide bonds. The van der Waals surface area contributed by atoms with Crippen molar-refractivity contribution in [3.05, 3.63) is 34.9 Å². The van der Waals surface area contributed by atoms with Crippen molar-refractivity contribution >= 4 is 17.5 Å². The highest BCUT2D eigenvalue weighted by atomic mass is 35.5. The molecule has 0 bridgehead atoms. The summed E-state index contributed by atoms with van der Waals surface area (Å²) < 4.78 is 5.06. The lowest BCUT2D eigenvalue weighted by Crippen LogP contribution is -2.31. The van der Waals surface area contributed by atoms with E-state index in [1.807, 2.05) is 0 Å². The Hall–Kier alpha value is -1.57. The second-order valence-electron chi connectivity index (χ2n) is 3.26. The number of nitrogens with zero attached hydrogens (tertiary/aromatic N) is 1. The van der Waals surface area contributed by atoms with Gasteiger partial charge in [-0.25, -0.2) is 0 Å². The molecule has 2 N–H and O–H groups in total. The molecule has 1 fully saturated rings. The first-order chi connectivity index (χ1) is 7.10. The number of carbonyl (C=O) groups excluding carboxylic acids is 1. The van der Waals surface area contributed by atoms with Crippen molar-refractivity contribution < 1.29 is 9.53 Å². The van der Waals surface area contributed by atoms with E-state index in [0.29, 0.717) is 5.02 Å². The molecular weight excluding hydrogens is 216 g/mol. The van der Waals surface area contributed by atoms with Crippen molar-refractivity contribution in [3.63, 3.8) is 0 Å². The van der Waals surface area contributed by atoms with Crippen LogP contribution in [-0.2, 0) is 9.53 Å². The van der Waals surface area contributed by atoms with E-state index in [2.05, 4.69) is 0 Å². The minimum atomic E-state index is -1.49. The normalized spacial score (nSPS) is 28.1. The number of ether oxygens (including phenoxy) is 1. The second kappa shape index (κ2) is 3.23. The fourth-order valence-corrected chi connectivity index (χ4v) is 1.55. The van der Waals surface area contributed by atoms with E-state index in [-0.39, 0.29) is 0 Å². The standard InChI is InChI=1S/C10H7ClN2O2/c11-7-3-1-6(2-4-7)8-10(5-12,15-8)9(13)14/h1-4,8H,(H2,13,14). The molecule has 76 valence electrons. The Balaban J connectivity index is 2.27. The number of nitrogens with two attached hydrogens (primary N) is 1. The quantitative estimate of drug-likeness (QED) is 0.763. The lowest BCUT2D eigenvalue weighted by molar-refractivity contribution is -0.121. The predicted molar refractivity (Wildman–Crippen MR) is 52.8 cm³/mol. The van der Waals surface area contributed by atoms with Crippen LogP contribution in [0.1, 0.15) is 11.7 Å². The maximum absolute atomic E-state index is 11.0. The predicted octanol–water partition coefficient (Wildman–Crippen LogP) is 1.16. The van der Waals surface area contributed by atoms with E-state index in [9.17, 15) is 4.79 Å². The number of amides is 1. The molecule has 1 saturated heterocycles.